The van der Waals surface area contributed by atoms with Crippen molar-refractivity contribution in [1.82, 2.24) is 4.31 Å². The third-order valence-corrected chi connectivity index (χ3v) is 7.86. The van der Waals surface area contributed by atoms with Crippen molar-refractivity contribution in [2.75, 3.05) is 43.0 Å². The van der Waals surface area contributed by atoms with Crippen molar-refractivity contribution in [1.29, 1.82) is 0 Å². The second kappa shape index (κ2) is 9.70. The van der Waals surface area contributed by atoms with Gasteiger partial charge in [-0.1, -0.05) is 24.3 Å². The average Bonchev–Trinajstić information content (AvgIpc) is 3.39. The number of aromatic carboxylic acids is 1. The zero-order valence-electron chi connectivity index (χ0n) is 18.6. The fourth-order valence-electron chi connectivity index (χ4n) is 4.01. The van der Waals surface area contributed by atoms with Crippen LogP contribution in [0.2, 0.25) is 0 Å². The smallest absolute Gasteiger partial charge is 0.336 e. The van der Waals surface area contributed by atoms with Crippen LogP contribution in [0.15, 0.2) is 76.2 Å². The number of carboxylic acids is 1. The molecule has 1 aromatic heterocycles. The topological polar surface area (TPSA) is 111 Å². The summed E-state index contributed by atoms with van der Waals surface area (Å²) >= 11 is 0. The number of anilines is 2. The predicted molar refractivity (Wildman–Crippen MR) is 127 cm³/mol. The third-order valence-electron chi connectivity index (χ3n) is 5.88. The number of hydrogen-bond acceptors (Lipinski definition) is 6. The van der Waals surface area contributed by atoms with Crippen molar-refractivity contribution in [2.45, 2.75) is 11.3 Å². The van der Waals surface area contributed by atoms with Gasteiger partial charge in [0.05, 0.1) is 23.1 Å². The minimum absolute atomic E-state index is 0.0381. The molecule has 0 aliphatic carbocycles. The first-order valence-corrected chi connectivity index (χ1v) is 12.2. The highest BCUT2D eigenvalue weighted by Gasteiger charge is 2.33. The number of piperazine rings is 1. The minimum Gasteiger partial charge on any atom is -0.478 e. The standard InChI is InChI=1S/C24H25N3O6S/c1-25(23-11-6-16-33-23)22(28)17-20-19(24(29)30)9-5-10-21(20)34(31,32)27-14-12-26(13-15-27)18-7-3-2-4-8-18/h2-11,16H,12-15,17H2,1H3,(H,29,30). The van der Waals surface area contributed by atoms with E-state index in [4.69, 9.17) is 4.42 Å². The van der Waals surface area contributed by atoms with Gasteiger partial charge in [0.1, 0.15) is 0 Å². The Bertz CT molecular complexity index is 1270. The van der Waals surface area contributed by atoms with Crippen molar-refractivity contribution in [2.24, 2.45) is 0 Å². The molecule has 0 unspecified atom stereocenters. The first-order chi connectivity index (χ1) is 16.3. The Labute approximate surface area is 197 Å². The molecule has 2 aromatic carbocycles. The molecule has 1 N–H and O–H groups in total. The Hall–Kier alpha value is -3.63. The van der Waals surface area contributed by atoms with E-state index in [9.17, 15) is 23.1 Å². The maximum Gasteiger partial charge on any atom is 0.336 e. The molecular formula is C24H25N3O6S. The maximum absolute atomic E-state index is 13.6. The molecule has 10 heteroatoms. The first-order valence-electron chi connectivity index (χ1n) is 10.7. The summed E-state index contributed by atoms with van der Waals surface area (Å²) in [5, 5.41) is 9.70. The zero-order valence-corrected chi connectivity index (χ0v) is 19.4. The lowest BCUT2D eigenvalue weighted by Crippen LogP contribution is -2.49. The summed E-state index contributed by atoms with van der Waals surface area (Å²) in [7, 11) is -2.54. The molecule has 0 spiro atoms. The Morgan fingerprint density at radius 3 is 2.29 bits per heavy atom. The summed E-state index contributed by atoms with van der Waals surface area (Å²) in [6, 6.07) is 17.0. The lowest BCUT2D eigenvalue weighted by molar-refractivity contribution is -0.117. The average molecular weight is 484 g/mol. The highest BCUT2D eigenvalue weighted by atomic mass is 32.2. The Morgan fingerprint density at radius 1 is 0.971 bits per heavy atom. The van der Waals surface area contributed by atoms with Gasteiger partial charge < -0.3 is 14.4 Å². The zero-order chi connectivity index (χ0) is 24.3. The summed E-state index contributed by atoms with van der Waals surface area (Å²) < 4.78 is 33.7. The van der Waals surface area contributed by atoms with E-state index < -0.39 is 28.3 Å². The lowest BCUT2D eigenvalue weighted by Gasteiger charge is -2.35. The van der Waals surface area contributed by atoms with Gasteiger partial charge in [-0.25, -0.2) is 13.2 Å². The van der Waals surface area contributed by atoms with Crippen LogP contribution in [-0.2, 0) is 21.2 Å². The van der Waals surface area contributed by atoms with E-state index in [1.54, 1.807) is 12.1 Å². The van der Waals surface area contributed by atoms with E-state index in [-0.39, 0.29) is 35.0 Å². The molecular weight excluding hydrogens is 458 g/mol. The van der Waals surface area contributed by atoms with Crippen LogP contribution < -0.4 is 9.80 Å². The summed E-state index contributed by atoms with van der Waals surface area (Å²) in [5.74, 6) is -1.51. The number of furan rings is 1. The second-order valence-electron chi connectivity index (χ2n) is 7.89. The number of sulfonamides is 1. The van der Waals surface area contributed by atoms with Gasteiger partial charge in [-0.3, -0.25) is 9.69 Å². The highest BCUT2D eigenvalue weighted by molar-refractivity contribution is 7.89. The fourth-order valence-corrected chi connectivity index (χ4v) is 5.67. The minimum atomic E-state index is -4.03. The van der Waals surface area contributed by atoms with E-state index >= 15 is 0 Å². The number of likely N-dealkylation sites (N-methyl/N-ethyl adjacent to an activating group) is 1. The molecule has 1 fully saturated rings. The third kappa shape index (κ3) is 4.68. The molecule has 0 radical (unpaired) electrons. The molecule has 34 heavy (non-hydrogen) atoms. The number of carbonyl (C=O) groups is 2. The van der Waals surface area contributed by atoms with Gasteiger partial charge in [0.25, 0.3) is 0 Å². The molecule has 0 bridgehead atoms. The van der Waals surface area contributed by atoms with Crippen molar-refractivity contribution in [3.8, 4) is 0 Å². The van der Waals surface area contributed by atoms with Gasteiger partial charge >= 0.3 is 5.97 Å². The molecule has 1 aliphatic rings. The van der Waals surface area contributed by atoms with E-state index in [1.165, 1.54) is 40.7 Å². The largest absolute Gasteiger partial charge is 0.478 e. The number of para-hydroxylation sites is 1. The van der Waals surface area contributed by atoms with Crippen LogP contribution in [0.4, 0.5) is 11.6 Å². The maximum atomic E-state index is 13.6. The number of carbonyl (C=O) groups excluding carboxylic acids is 1. The molecule has 1 saturated heterocycles. The van der Waals surface area contributed by atoms with Crippen molar-refractivity contribution in [3.05, 3.63) is 78.1 Å². The normalized spacial score (nSPS) is 14.7. The summed E-state index contributed by atoms with van der Waals surface area (Å²) in [6.45, 7) is 1.48. The van der Waals surface area contributed by atoms with Crippen molar-refractivity contribution in [3.63, 3.8) is 0 Å². The molecule has 3 aromatic rings. The number of benzene rings is 2. The summed E-state index contributed by atoms with van der Waals surface area (Å²) in [4.78, 5) is 28.0. The lowest BCUT2D eigenvalue weighted by atomic mass is 10.0. The molecule has 9 nitrogen and oxygen atoms in total. The van der Waals surface area contributed by atoms with Gasteiger partial charge in [-0.15, -0.1) is 0 Å². The van der Waals surface area contributed by atoms with Gasteiger partial charge in [0.15, 0.2) is 0 Å². The monoisotopic (exact) mass is 483 g/mol. The summed E-state index contributed by atoms with van der Waals surface area (Å²) in [6.07, 6.45) is 1.01. The molecule has 0 atom stereocenters. The molecule has 4 rings (SSSR count). The highest BCUT2D eigenvalue weighted by Crippen LogP contribution is 2.27. The van der Waals surface area contributed by atoms with Crippen LogP contribution >= 0.6 is 0 Å². The SMILES string of the molecule is CN(C(=O)Cc1c(C(=O)O)cccc1S(=O)(=O)N1CCN(c2ccccc2)CC1)c1ccco1. The van der Waals surface area contributed by atoms with E-state index in [2.05, 4.69) is 4.90 Å². The van der Waals surface area contributed by atoms with E-state index in [0.29, 0.717) is 13.1 Å². The van der Waals surface area contributed by atoms with Crippen LogP contribution in [0.3, 0.4) is 0 Å². The summed E-state index contributed by atoms with van der Waals surface area (Å²) in [5.41, 5.74) is 0.758. The van der Waals surface area contributed by atoms with Gasteiger partial charge in [-0.2, -0.15) is 4.31 Å². The van der Waals surface area contributed by atoms with Crippen LogP contribution in [0, 0.1) is 0 Å². The first kappa shape index (κ1) is 23.5. The Balaban J connectivity index is 1.61. The molecule has 1 amide bonds. The van der Waals surface area contributed by atoms with Crippen LogP contribution in [0.5, 0.6) is 0 Å². The van der Waals surface area contributed by atoms with E-state index in [0.717, 1.165) is 5.69 Å². The number of rotatable bonds is 7. The fraction of sp³-hybridized carbons (Fsp3) is 0.250. The van der Waals surface area contributed by atoms with Crippen LogP contribution in [-0.4, -0.2) is 62.9 Å². The quantitative estimate of drug-likeness (QED) is 0.550. The van der Waals surface area contributed by atoms with Gasteiger partial charge in [0.2, 0.25) is 21.8 Å². The second-order valence-corrected chi connectivity index (χ2v) is 9.80. The van der Waals surface area contributed by atoms with Crippen molar-refractivity contribution >= 4 is 33.5 Å². The van der Waals surface area contributed by atoms with Gasteiger partial charge in [-0.05, 0) is 35.9 Å². The van der Waals surface area contributed by atoms with Crippen LogP contribution in [0.25, 0.3) is 0 Å². The van der Waals surface area contributed by atoms with Gasteiger partial charge in [0, 0.05) is 45.0 Å². The number of amides is 1. The number of carboxylic acid groups (broad SMARTS) is 1. The Morgan fingerprint density at radius 2 is 1.68 bits per heavy atom. The number of nitrogens with zero attached hydrogens (tertiary/aromatic N) is 3. The van der Waals surface area contributed by atoms with E-state index in [1.807, 2.05) is 30.3 Å². The molecule has 1 aliphatic heterocycles. The Kier molecular flexibility index (Phi) is 6.71. The van der Waals surface area contributed by atoms with Crippen LogP contribution in [0.1, 0.15) is 15.9 Å². The predicted octanol–water partition coefficient (Wildman–Crippen LogP) is 2.69. The van der Waals surface area contributed by atoms with Crippen molar-refractivity contribution < 1.29 is 27.5 Å². The molecule has 178 valence electrons. The molecule has 0 saturated carbocycles. The number of hydrogen-bond donors (Lipinski definition) is 1. The molecule has 2 heterocycles.